The molecule has 0 spiro atoms. The Labute approximate surface area is 124 Å². The highest BCUT2D eigenvalue weighted by molar-refractivity contribution is 7.80. The van der Waals surface area contributed by atoms with Gasteiger partial charge in [0, 0.05) is 18.7 Å². The van der Waals surface area contributed by atoms with Crippen molar-refractivity contribution < 1.29 is 22.7 Å². The number of alkyl halides is 3. The maximum atomic E-state index is 12.6. The Morgan fingerprint density at radius 3 is 2.38 bits per heavy atom. The van der Waals surface area contributed by atoms with E-state index < -0.39 is 23.4 Å². The average molecular weight is 316 g/mol. The van der Waals surface area contributed by atoms with E-state index in [1.807, 2.05) is 0 Å². The third-order valence-electron chi connectivity index (χ3n) is 2.97. The summed E-state index contributed by atoms with van der Waals surface area (Å²) in [5.41, 5.74) is -1.69. The van der Waals surface area contributed by atoms with E-state index in [1.165, 1.54) is 31.4 Å². The molecule has 2 rings (SSSR count). The second-order valence-electron chi connectivity index (χ2n) is 4.29. The van der Waals surface area contributed by atoms with Crippen LogP contribution in [0.2, 0.25) is 0 Å². The number of hydrogen-bond acceptors (Lipinski definition) is 3. The molecule has 1 unspecified atom stereocenters. The zero-order chi connectivity index (χ0) is 15.7. The zero-order valence-corrected chi connectivity index (χ0v) is 11.6. The minimum Gasteiger partial charge on any atom is -0.351 e. The summed E-state index contributed by atoms with van der Waals surface area (Å²) in [6, 6.07) is 4.41. The lowest BCUT2D eigenvalue weighted by molar-refractivity contribution is -0.137. The topological polar surface area (TPSA) is 50.4 Å². The number of rotatable bonds is 2. The van der Waals surface area contributed by atoms with E-state index in [1.54, 1.807) is 0 Å². The minimum absolute atomic E-state index is 0.0201. The number of amides is 1. The molecule has 8 heteroatoms. The van der Waals surface area contributed by atoms with Crippen LogP contribution in [0, 0.1) is 0 Å². The summed E-state index contributed by atoms with van der Waals surface area (Å²) in [6.45, 7) is 0. The third-order valence-corrected chi connectivity index (χ3v) is 3.17. The van der Waals surface area contributed by atoms with E-state index in [-0.39, 0.29) is 5.11 Å². The summed E-state index contributed by atoms with van der Waals surface area (Å²) in [5.74, 6) is -0.446. The lowest BCUT2D eigenvalue weighted by atomic mass is 10.00. The first-order chi connectivity index (χ1) is 9.77. The number of methoxy groups -OCH3 is 1. The van der Waals surface area contributed by atoms with Gasteiger partial charge >= 0.3 is 6.18 Å². The van der Waals surface area contributed by atoms with Crippen LogP contribution in [0.4, 0.5) is 13.2 Å². The summed E-state index contributed by atoms with van der Waals surface area (Å²) < 4.78 is 43.1. The van der Waals surface area contributed by atoms with Crippen molar-refractivity contribution in [1.29, 1.82) is 0 Å². The molecule has 1 aliphatic heterocycles. The molecule has 0 saturated heterocycles. The Balaban J connectivity index is 2.43. The standard InChI is InChI=1S/C13H11F3N2O2S/c1-20-12(7-6-10(19)17-11(21)18-12)8-2-4-9(5-3-8)13(14,15)16/h2-7H,1H3,(H2,17,18,19,21). The Morgan fingerprint density at radius 2 is 1.86 bits per heavy atom. The predicted octanol–water partition coefficient (Wildman–Crippen LogP) is 2.07. The minimum atomic E-state index is -4.42. The molecule has 1 aromatic rings. The number of ether oxygens (including phenoxy) is 1. The molecule has 0 aliphatic carbocycles. The Morgan fingerprint density at radius 1 is 1.24 bits per heavy atom. The van der Waals surface area contributed by atoms with Crippen molar-refractivity contribution in [3.05, 3.63) is 47.5 Å². The Hall–Kier alpha value is -1.93. The van der Waals surface area contributed by atoms with Crippen LogP contribution in [-0.2, 0) is 21.4 Å². The first-order valence-electron chi connectivity index (χ1n) is 5.82. The van der Waals surface area contributed by atoms with Crippen LogP contribution in [0.15, 0.2) is 36.4 Å². The molecule has 0 saturated carbocycles. The van der Waals surface area contributed by atoms with E-state index in [4.69, 9.17) is 17.0 Å². The van der Waals surface area contributed by atoms with E-state index >= 15 is 0 Å². The Bertz CT molecular complexity index is 598. The number of halogens is 3. The number of carbonyl (C=O) groups excluding carboxylic acids is 1. The molecule has 1 aromatic carbocycles. The van der Waals surface area contributed by atoms with Gasteiger partial charge in [-0.3, -0.25) is 10.1 Å². The maximum absolute atomic E-state index is 12.6. The van der Waals surface area contributed by atoms with Crippen LogP contribution in [0.3, 0.4) is 0 Å². The van der Waals surface area contributed by atoms with Crippen LogP contribution in [0.25, 0.3) is 0 Å². The third kappa shape index (κ3) is 3.22. The highest BCUT2D eigenvalue weighted by Gasteiger charge is 2.35. The summed E-state index contributed by atoms with van der Waals surface area (Å²) in [6.07, 6.45) is -1.82. The van der Waals surface area contributed by atoms with Gasteiger partial charge in [0.25, 0.3) is 0 Å². The number of benzene rings is 1. The molecule has 0 fully saturated rings. The predicted molar refractivity (Wildman–Crippen MR) is 73.1 cm³/mol. The first kappa shape index (κ1) is 15.5. The van der Waals surface area contributed by atoms with Gasteiger partial charge in [0.05, 0.1) is 5.56 Å². The van der Waals surface area contributed by atoms with Gasteiger partial charge in [-0.25, -0.2) is 0 Å². The molecule has 4 nitrogen and oxygen atoms in total. The van der Waals surface area contributed by atoms with Crippen molar-refractivity contribution in [2.75, 3.05) is 7.11 Å². The lowest BCUT2D eigenvalue weighted by Crippen LogP contribution is -2.48. The average Bonchev–Trinajstić information content (AvgIpc) is 2.57. The van der Waals surface area contributed by atoms with Crippen LogP contribution >= 0.6 is 12.2 Å². The summed E-state index contributed by atoms with van der Waals surface area (Å²) >= 11 is 4.93. The molecule has 21 heavy (non-hydrogen) atoms. The van der Waals surface area contributed by atoms with Gasteiger partial charge in [0.2, 0.25) is 5.91 Å². The van der Waals surface area contributed by atoms with Crippen molar-refractivity contribution in [3.63, 3.8) is 0 Å². The second-order valence-corrected chi connectivity index (χ2v) is 4.70. The second kappa shape index (κ2) is 5.45. The fourth-order valence-corrected chi connectivity index (χ4v) is 2.15. The fraction of sp³-hybridized carbons (Fsp3) is 0.231. The molecule has 0 bridgehead atoms. The van der Waals surface area contributed by atoms with Crippen molar-refractivity contribution >= 4 is 23.2 Å². The zero-order valence-electron chi connectivity index (χ0n) is 10.8. The van der Waals surface area contributed by atoms with Gasteiger partial charge in [-0.1, -0.05) is 12.1 Å². The van der Waals surface area contributed by atoms with Crippen molar-refractivity contribution in [2.45, 2.75) is 11.9 Å². The van der Waals surface area contributed by atoms with Gasteiger partial charge in [0.1, 0.15) is 0 Å². The molecule has 0 aromatic heterocycles. The van der Waals surface area contributed by atoms with Gasteiger partial charge < -0.3 is 10.1 Å². The molecule has 0 radical (unpaired) electrons. The molecule has 1 aliphatic rings. The monoisotopic (exact) mass is 316 g/mol. The first-order valence-corrected chi connectivity index (χ1v) is 6.23. The molecule has 1 atom stereocenters. The molecule has 112 valence electrons. The highest BCUT2D eigenvalue weighted by Crippen LogP contribution is 2.32. The normalized spacial score (nSPS) is 22.5. The highest BCUT2D eigenvalue weighted by atomic mass is 32.1. The van der Waals surface area contributed by atoms with E-state index in [0.29, 0.717) is 5.56 Å². The van der Waals surface area contributed by atoms with E-state index in [2.05, 4.69) is 10.6 Å². The summed E-state index contributed by atoms with van der Waals surface area (Å²) in [4.78, 5) is 11.4. The molecule has 2 N–H and O–H groups in total. The summed E-state index contributed by atoms with van der Waals surface area (Å²) in [5, 5.41) is 5.15. The fourth-order valence-electron chi connectivity index (χ4n) is 1.90. The molecule has 1 amide bonds. The smallest absolute Gasteiger partial charge is 0.351 e. The Kier molecular flexibility index (Phi) is 4.02. The van der Waals surface area contributed by atoms with Gasteiger partial charge in [0.15, 0.2) is 10.8 Å². The van der Waals surface area contributed by atoms with E-state index in [9.17, 15) is 18.0 Å². The number of hydrogen-bond donors (Lipinski definition) is 2. The van der Waals surface area contributed by atoms with Crippen LogP contribution in [-0.4, -0.2) is 18.1 Å². The van der Waals surface area contributed by atoms with Crippen molar-refractivity contribution in [2.24, 2.45) is 0 Å². The van der Waals surface area contributed by atoms with Crippen molar-refractivity contribution in [3.8, 4) is 0 Å². The van der Waals surface area contributed by atoms with Gasteiger partial charge in [-0.05, 0) is 30.4 Å². The van der Waals surface area contributed by atoms with Crippen molar-refractivity contribution in [1.82, 2.24) is 10.6 Å². The number of nitrogens with one attached hydrogen (secondary N) is 2. The SMILES string of the molecule is COC1(c2ccc(C(F)(F)F)cc2)C=CC(=O)NC(=S)N1. The molecular formula is C13H11F3N2O2S. The van der Waals surface area contributed by atoms with Crippen LogP contribution < -0.4 is 10.6 Å². The quantitative estimate of drug-likeness (QED) is 0.820. The number of carbonyl (C=O) groups is 1. The summed E-state index contributed by atoms with van der Waals surface area (Å²) in [7, 11) is 1.35. The lowest BCUT2D eigenvalue weighted by Gasteiger charge is -2.30. The molecule has 1 heterocycles. The van der Waals surface area contributed by atoms with Gasteiger partial charge in [-0.15, -0.1) is 0 Å². The number of thiocarbonyl (C=S) groups is 1. The van der Waals surface area contributed by atoms with Gasteiger partial charge in [-0.2, -0.15) is 13.2 Å². The van der Waals surface area contributed by atoms with Crippen LogP contribution in [0.5, 0.6) is 0 Å². The largest absolute Gasteiger partial charge is 0.416 e. The van der Waals surface area contributed by atoms with E-state index in [0.717, 1.165) is 12.1 Å². The van der Waals surface area contributed by atoms with Crippen LogP contribution in [0.1, 0.15) is 11.1 Å². The maximum Gasteiger partial charge on any atom is 0.416 e. The molecular weight excluding hydrogens is 305 g/mol.